The van der Waals surface area contributed by atoms with E-state index in [0.717, 1.165) is 19.4 Å². The number of carbonyl (C=O) groups is 1. The first-order valence-corrected chi connectivity index (χ1v) is 8.48. The number of aryl methyl sites for hydroxylation is 1. The zero-order valence-electron chi connectivity index (χ0n) is 14.3. The zero-order chi connectivity index (χ0) is 16.9. The SMILES string of the molecule is CC1CC(NC(=O)CCc2ccc(-c3ccccc3F)o2)CCN1.Cl. The molecule has 1 fully saturated rings. The van der Waals surface area contributed by atoms with E-state index in [0.29, 0.717) is 36.0 Å². The van der Waals surface area contributed by atoms with Crippen LogP contribution in [0.3, 0.4) is 0 Å². The molecule has 1 aliphatic heterocycles. The summed E-state index contributed by atoms with van der Waals surface area (Å²) in [4.78, 5) is 12.1. The Hall–Kier alpha value is -1.85. The number of rotatable bonds is 5. The third kappa shape index (κ3) is 5.31. The minimum atomic E-state index is -0.309. The number of benzene rings is 1. The fraction of sp³-hybridized carbons (Fsp3) is 0.421. The minimum absolute atomic E-state index is 0. The van der Waals surface area contributed by atoms with E-state index in [-0.39, 0.29) is 30.2 Å². The molecule has 1 amide bonds. The maximum atomic E-state index is 13.8. The molecule has 1 aromatic carbocycles. The second kappa shape index (κ2) is 9.02. The number of halogens is 2. The molecule has 0 spiro atoms. The lowest BCUT2D eigenvalue weighted by Gasteiger charge is -2.28. The molecule has 0 bridgehead atoms. The van der Waals surface area contributed by atoms with Gasteiger partial charge in [0.25, 0.3) is 0 Å². The van der Waals surface area contributed by atoms with E-state index in [9.17, 15) is 9.18 Å². The van der Waals surface area contributed by atoms with E-state index in [1.807, 2.05) is 6.07 Å². The summed E-state index contributed by atoms with van der Waals surface area (Å²) in [7, 11) is 0. The molecule has 2 aromatic rings. The monoisotopic (exact) mass is 366 g/mol. The fourth-order valence-electron chi connectivity index (χ4n) is 3.12. The van der Waals surface area contributed by atoms with Crippen molar-refractivity contribution >= 4 is 18.3 Å². The number of nitrogens with one attached hydrogen (secondary N) is 2. The van der Waals surface area contributed by atoms with Gasteiger partial charge in [-0.25, -0.2) is 4.39 Å². The van der Waals surface area contributed by atoms with Crippen LogP contribution >= 0.6 is 12.4 Å². The Morgan fingerprint density at radius 2 is 2.12 bits per heavy atom. The van der Waals surface area contributed by atoms with Crippen molar-refractivity contribution in [2.75, 3.05) is 6.54 Å². The van der Waals surface area contributed by atoms with E-state index >= 15 is 0 Å². The van der Waals surface area contributed by atoms with Crippen LogP contribution in [0.15, 0.2) is 40.8 Å². The Morgan fingerprint density at radius 3 is 2.88 bits per heavy atom. The molecule has 4 nitrogen and oxygen atoms in total. The van der Waals surface area contributed by atoms with Gasteiger partial charge in [-0.15, -0.1) is 12.4 Å². The van der Waals surface area contributed by atoms with Crippen LogP contribution in [0, 0.1) is 5.82 Å². The lowest BCUT2D eigenvalue weighted by Crippen LogP contribution is -2.46. The normalized spacial score (nSPS) is 19.9. The van der Waals surface area contributed by atoms with Gasteiger partial charge in [-0.05, 0) is 50.6 Å². The third-order valence-electron chi connectivity index (χ3n) is 4.39. The minimum Gasteiger partial charge on any atom is -0.461 e. The smallest absolute Gasteiger partial charge is 0.220 e. The van der Waals surface area contributed by atoms with E-state index in [1.54, 1.807) is 24.3 Å². The average Bonchev–Trinajstić information content (AvgIpc) is 3.02. The zero-order valence-corrected chi connectivity index (χ0v) is 15.1. The van der Waals surface area contributed by atoms with Crippen LogP contribution in [-0.2, 0) is 11.2 Å². The summed E-state index contributed by atoms with van der Waals surface area (Å²) in [5.74, 6) is 0.923. The van der Waals surface area contributed by atoms with Crippen molar-refractivity contribution in [3.05, 3.63) is 48.0 Å². The van der Waals surface area contributed by atoms with Crippen LogP contribution in [-0.4, -0.2) is 24.5 Å². The number of amides is 1. The van der Waals surface area contributed by atoms with Crippen LogP contribution in [0.2, 0.25) is 0 Å². The van der Waals surface area contributed by atoms with Crippen molar-refractivity contribution in [3.8, 4) is 11.3 Å². The predicted octanol–water partition coefficient (Wildman–Crippen LogP) is 3.70. The van der Waals surface area contributed by atoms with Crippen molar-refractivity contribution in [1.29, 1.82) is 0 Å². The molecule has 0 aliphatic carbocycles. The molecule has 136 valence electrons. The molecule has 2 atom stereocenters. The van der Waals surface area contributed by atoms with Crippen LogP contribution in [0.25, 0.3) is 11.3 Å². The second-order valence-electron chi connectivity index (χ2n) is 6.39. The maximum absolute atomic E-state index is 13.8. The molecule has 2 N–H and O–H groups in total. The first kappa shape index (κ1) is 19.5. The van der Waals surface area contributed by atoms with Crippen LogP contribution in [0.4, 0.5) is 4.39 Å². The number of hydrogen-bond acceptors (Lipinski definition) is 3. The molecule has 1 aliphatic rings. The van der Waals surface area contributed by atoms with Gasteiger partial charge < -0.3 is 15.1 Å². The number of piperidine rings is 1. The Bertz CT molecular complexity index is 704. The van der Waals surface area contributed by atoms with Crippen LogP contribution in [0.1, 0.15) is 31.9 Å². The average molecular weight is 367 g/mol. The maximum Gasteiger partial charge on any atom is 0.220 e. The molecule has 0 radical (unpaired) electrons. The van der Waals surface area contributed by atoms with Gasteiger partial charge in [0.1, 0.15) is 17.3 Å². The Labute approximate surface area is 153 Å². The molecule has 6 heteroatoms. The van der Waals surface area contributed by atoms with Crippen molar-refractivity contribution in [2.45, 2.75) is 44.7 Å². The van der Waals surface area contributed by atoms with E-state index in [4.69, 9.17) is 4.42 Å². The van der Waals surface area contributed by atoms with Gasteiger partial charge in [0.2, 0.25) is 5.91 Å². The molecule has 3 rings (SSSR count). The second-order valence-corrected chi connectivity index (χ2v) is 6.39. The first-order valence-electron chi connectivity index (χ1n) is 8.48. The van der Waals surface area contributed by atoms with Gasteiger partial charge in [0.05, 0.1) is 5.56 Å². The summed E-state index contributed by atoms with van der Waals surface area (Å²) in [6.45, 7) is 3.07. The summed E-state index contributed by atoms with van der Waals surface area (Å²) in [5, 5.41) is 6.46. The number of furan rings is 1. The third-order valence-corrected chi connectivity index (χ3v) is 4.39. The Morgan fingerprint density at radius 1 is 1.32 bits per heavy atom. The van der Waals surface area contributed by atoms with Crippen molar-refractivity contribution in [3.63, 3.8) is 0 Å². The van der Waals surface area contributed by atoms with Crippen LogP contribution < -0.4 is 10.6 Å². The van der Waals surface area contributed by atoms with Gasteiger partial charge in [0.15, 0.2) is 0 Å². The van der Waals surface area contributed by atoms with E-state index in [2.05, 4.69) is 17.6 Å². The van der Waals surface area contributed by atoms with Crippen molar-refractivity contribution in [1.82, 2.24) is 10.6 Å². The van der Waals surface area contributed by atoms with E-state index in [1.165, 1.54) is 6.07 Å². The number of hydrogen-bond donors (Lipinski definition) is 2. The van der Waals surface area contributed by atoms with Gasteiger partial charge in [-0.1, -0.05) is 12.1 Å². The topological polar surface area (TPSA) is 54.3 Å². The summed E-state index contributed by atoms with van der Waals surface area (Å²) in [6, 6.07) is 10.8. The summed E-state index contributed by atoms with van der Waals surface area (Å²) in [6.07, 6.45) is 2.82. The fourth-order valence-corrected chi connectivity index (χ4v) is 3.12. The molecular weight excluding hydrogens is 343 g/mol. The quantitative estimate of drug-likeness (QED) is 0.848. The molecule has 0 saturated carbocycles. The summed E-state index contributed by atoms with van der Waals surface area (Å²) in [5.41, 5.74) is 0.442. The predicted molar refractivity (Wildman–Crippen MR) is 98.3 cm³/mol. The highest BCUT2D eigenvalue weighted by atomic mass is 35.5. The highest BCUT2D eigenvalue weighted by Crippen LogP contribution is 2.25. The summed E-state index contributed by atoms with van der Waals surface area (Å²) >= 11 is 0. The van der Waals surface area contributed by atoms with Crippen molar-refractivity contribution in [2.24, 2.45) is 0 Å². The Balaban J connectivity index is 0.00000225. The standard InChI is InChI=1S/C19H23FN2O2.ClH/c1-13-12-14(10-11-21-13)22-19(23)9-7-15-6-8-18(24-15)16-4-2-3-5-17(16)20;/h2-6,8,13-14,21H,7,9-12H2,1H3,(H,22,23);1H. The first-order chi connectivity index (χ1) is 11.6. The lowest BCUT2D eigenvalue weighted by molar-refractivity contribution is -0.122. The van der Waals surface area contributed by atoms with Gasteiger partial charge >= 0.3 is 0 Å². The highest BCUT2D eigenvalue weighted by molar-refractivity contribution is 5.85. The summed E-state index contributed by atoms with van der Waals surface area (Å²) < 4.78 is 19.4. The van der Waals surface area contributed by atoms with Gasteiger partial charge in [-0.3, -0.25) is 4.79 Å². The molecule has 25 heavy (non-hydrogen) atoms. The molecular formula is C19H24ClFN2O2. The molecule has 1 saturated heterocycles. The highest BCUT2D eigenvalue weighted by Gasteiger charge is 2.20. The largest absolute Gasteiger partial charge is 0.461 e. The number of carbonyl (C=O) groups excluding carboxylic acids is 1. The van der Waals surface area contributed by atoms with Crippen LogP contribution in [0.5, 0.6) is 0 Å². The van der Waals surface area contributed by atoms with E-state index < -0.39 is 0 Å². The van der Waals surface area contributed by atoms with Crippen molar-refractivity contribution < 1.29 is 13.6 Å². The van der Waals surface area contributed by atoms with Gasteiger partial charge in [-0.2, -0.15) is 0 Å². The molecule has 2 heterocycles. The Kier molecular flexibility index (Phi) is 7.02. The molecule has 2 unspecified atom stereocenters. The molecule has 1 aromatic heterocycles. The lowest BCUT2D eigenvalue weighted by atomic mass is 10.0. The van der Waals surface area contributed by atoms with Gasteiger partial charge in [0, 0.05) is 24.9 Å².